The Morgan fingerprint density at radius 3 is 1.53 bits per heavy atom. The second kappa shape index (κ2) is 18.8. The molecule has 0 saturated carbocycles. The van der Waals surface area contributed by atoms with E-state index in [0.717, 1.165) is 44.9 Å². The van der Waals surface area contributed by atoms with Crippen LogP contribution in [-0.4, -0.2) is 11.1 Å². The number of carboxylic acid groups (broad SMARTS) is 1. The molecule has 0 saturated heterocycles. The van der Waals surface area contributed by atoms with Crippen LogP contribution in [0.5, 0.6) is 0 Å². The highest BCUT2D eigenvalue weighted by Gasteiger charge is 2.57. The van der Waals surface area contributed by atoms with Crippen molar-refractivity contribution in [3.05, 3.63) is 0 Å². The van der Waals surface area contributed by atoms with E-state index in [4.69, 9.17) is 0 Å². The summed E-state index contributed by atoms with van der Waals surface area (Å²) < 4.78 is 0. The van der Waals surface area contributed by atoms with Crippen LogP contribution in [0.25, 0.3) is 0 Å². The van der Waals surface area contributed by atoms with Crippen molar-refractivity contribution in [2.24, 2.45) is 16.7 Å². The Morgan fingerprint density at radius 2 is 1.06 bits per heavy atom. The van der Waals surface area contributed by atoms with Crippen LogP contribution in [0.2, 0.25) is 0 Å². The summed E-state index contributed by atoms with van der Waals surface area (Å²) in [7, 11) is 0. The molecule has 2 heteroatoms. The molecule has 2 unspecified atom stereocenters. The molecule has 192 valence electrons. The topological polar surface area (TPSA) is 37.3 Å². The number of aliphatic carboxylic acids is 1. The average molecular weight is 453 g/mol. The molecule has 0 aromatic rings. The van der Waals surface area contributed by atoms with Gasteiger partial charge in [-0.05, 0) is 43.4 Å². The summed E-state index contributed by atoms with van der Waals surface area (Å²) in [6.07, 6.45) is 23.5. The van der Waals surface area contributed by atoms with Gasteiger partial charge in [0.15, 0.2) is 0 Å². The first-order chi connectivity index (χ1) is 15.5. The van der Waals surface area contributed by atoms with Gasteiger partial charge in [-0.1, -0.05) is 138 Å². The van der Waals surface area contributed by atoms with Gasteiger partial charge in [0.25, 0.3) is 0 Å². The fourth-order valence-corrected chi connectivity index (χ4v) is 6.56. The zero-order chi connectivity index (χ0) is 24.3. The Kier molecular flexibility index (Phi) is 18.5. The van der Waals surface area contributed by atoms with Gasteiger partial charge in [0.1, 0.15) is 0 Å². The van der Waals surface area contributed by atoms with Crippen LogP contribution in [0, 0.1) is 16.7 Å². The largest absolute Gasteiger partial charge is 0.481 e. The summed E-state index contributed by atoms with van der Waals surface area (Å²) >= 11 is 0. The quantitative estimate of drug-likeness (QED) is 0.156. The van der Waals surface area contributed by atoms with Crippen molar-refractivity contribution in [1.82, 2.24) is 0 Å². The third-order valence-corrected chi connectivity index (χ3v) is 8.71. The molecule has 0 aromatic heterocycles. The molecule has 32 heavy (non-hydrogen) atoms. The highest BCUT2D eigenvalue weighted by Crippen LogP contribution is 2.58. The molecule has 0 aliphatic carbocycles. The molecule has 0 amide bonds. The predicted octanol–water partition coefficient (Wildman–Crippen LogP) is 10.6. The van der Waals surface area contributed by atoms with E-state index >= 15 is 0 Å². The standard InChI is InChI=1S/C30H60O2/c1-7-13-16-17-18-19-20-23-26-30(28(31)32,27(10-4)24-21-14-8-2)29(11-5,12-6)25-22-15-9-3/h27H,7-26H2,1-6H3,(H,31,32). The fourth-order valence-electron chi connectivity index (χ4n) is 6.56. The zero-order valence-corrected chi connectivity index (χ0v) is 23.1. The van der Waals surface area contributed by atoms with Crippen LogP contribution >= 0.6 is 0 Å². The molecule has 0 bridgehead atoms. The fraction of sp³-hybridized carbons (Fsp3) is 0.967. The summed E-state index contributed by atoms with van der Waals surface area (Å²) in [5.41, 5.74) is -0.628. The van der Waals surface area contributed by atoms with E-state index < -0.39 is 11.4 Å². The maximum Gasteiger partial charge on any atom is 0.310 e. The maximum absolute atomic E-state index is 13.3. The van der Waals surface area contributed by atoms with Gasteiger partial charge in [-0.15, -0.1) is 0 Å². The van der Waals surface area contributed by atoms with E-state index in [0.29, 0.717) is 5.92 Å². The van der Waals surface area contributed by atoms with Crippen LogP contribution in [0.4, 0.5) is 0 Å². The number of carboxylic acids is 1. The monoisotopic (exact) mass is 452 g/mol. The third-order valence-electron chi connectivity index (χ3n) is 8.71. The lowest BCUT2D eigenvalue weighted by Gasteiger charge is -2.52. The molecular formula is C30H60O2. The second-order valence-electron chi connectivity index (χ2n) is 10.5. The molecule has 0 aromatic carbocycles. The van der Waals surface area contributed by atoms with Crippen LogP contribution < -0.4 is 0 Å². The number of rotatable bonds is 23. The molecule has 0 heterocycles. The zero-order valence-electron chi connectivity index (χ0n) is 23.1. The Balaban J connectivity index is 5.68. The van der Waals surface area contributed by atoms with Crippen molar-refractivity contribution in [2.45, 2.75) is 170 Å². The highest BCUT2D eigenvalue weighted by molar-refractivity contribution is 5.76. The SMILES string of the molecule is CCCCCCCCCCC(C(=O)O)(C(CC)CCCCC)C(CC)(CC)CCCCC. The van der Waals surface area contributed by atoms with Gasteiger partial charge >= 0.3 is 5.97 Å². The lowest BCUT2D eigenvalue weighted by atomic mass is 9.50. The Bertz CT molecular complexity index is 440. The first kappa shape index (κ1) is 31.5. The number of carbonyl (C=O) groups is 1. The van der Waals surface area contributed by atoms with Gasteiger partial charge in [0, 0.05) is 0 Å². The minimum absolute atomic E-state index is 0.0674. The number of hydrogen-bond acceptors (Lipinski definition) is 1. The van der Waals surface area contributed by atoms with E-state index in [2.05, 4.69) is 41.5 Å². The summed E-state index contributed by atoms with van der Waals surface area (Å²) in [5, 5.41) is 10.9. The van der Waals surface area contributed by atoms with Gasteiger partial charge in [0.05, 0.1) is 5.41 Å². The van der Waals surface area contributed by atoms with E-state index in [1.165, 1.54) is 83.5 Å². The highest BCUT2D eigenvalue weighted by atomic mass is 16.4. The van der Waals surface area contributed by atoms with Crippen LogP contribution in [-0.2, 0) is 4.79 Å². The molecule has 2 nitrogen and oxygen atoms in total. The van der Waals surface area contributed by atoms with E-state index in [1.54, 1.807) is 0 Å². The Labute approximate surface area is 202 Å². The summed E-state index contributed by atoms with van der Waals surface area (Å²) in [6.45, 7) is 13.6. The van der Waals surface area contributed by atoms with E-state index in [9.17, 15) is 9.90 Å². The molecule has 0 radical (unpaired) electrons. The van der Waals surface area contributed by atoms with Gasteiger partial charge in [-0.25, -0.2) is 0 Å². The van der Waals surface area contributed by atoms with Gasteiger partial charge < -0.3 is 5.11 Å². The minimum atomic E-state index is -0.561. The van der Waals surface area contributed by atoms with E-state index in [1.807, 2.05) is 0 Å². The molecule has 0 aliphatic heterocycles. The Hall–Kier alpha value is -0.530. The maximum atomic E-state index is 13.3. The lowest BCUT2D eigenvalue weighted by Crippen LogP contribution is -2.52. The normalized spacial score (nSPS) is 14.9. The summed E-state index contributed by atoms with van der Waals surface area (Å²) in [5.74, 6) is -0.179. The average Bonchev–Trinajstić information content (AvgIpc) is 2.80. The molecule has 0 fully saturated rings. The van der Waals surface area contributed by atoms with Gasteiger partial charge in [0.2, 0.25) is 0 Å². The molecule has 0 rings (SSSR count). The smallest absolute Gasteiger partial charge is 0.310 e. The molecule has 0 aliphatic rings. The second-order valence-corrected chi connectivity index (χ2v) is 10.5. The first-order valence-electron chi connectivity index (χ1n) is 14.7. The van der Waals surface area contributed by atoms with Gasteiger partial charge in [-0.3, -0.25) is 4.79 Å². The molecule has 1 N–H and O–H groups in total. The third kappa shape index (κ3) is 9.38. The number of hydrogen-bond donors (Lipinski definition) is 1. The number of unbranched alkanes of at least 4 members (excludes halogenated alkanes) is 11. The van der Waals surface area contributed by atoms with Crippen molar-refractivity contribution in [3.63, 3.8) is 0 Å². The van der Waals surface area contributed by atoms with Crippen LogP contribution in [0.15, 0.2) is 0 Å². The minimum Gasteiger partial charge on any atom is -0.481 e. The Morgan fingerprint density at radius 1 is 0.625 bits per heavy atom. The lowest BCUT2D eigenvalue weighted by molar-refractivity contribution is -0.171. The van der Waals surface area contributed by atoms with Crippen molar-refractivity contribution in [1.29, 1.82) is 0 Å². The van der Waals surface area contributed by atoms with Crippen molar-refractivity contribution < 1.29 is 9.90 Å². The van der Waals surface area contributed by atoms with Gasteiger partial charge in [-0.2, -0.15) is 0 Å². The van der Waals surface area contributed by atoms with Crippen molar-refractivity contribution in [2.75, 3.05) is 0 Å². The first-order valence-corrected chi connectivity index (χ1v) is 14.7. The predicted molar refractivity (Wildman–Crippen MR) is 142 cm³/mol. The molecular weight excluding hydrogens is 392 g/mol. The van der Waals surface area contributed by atoms with Crippen LogP contribution in [0.1, 0.15) is 170 Å². The van der Waals surface area contributed by atoms with Crippen molar-refractivity contribution >= 4 is 5.97 Å². The van der Waals surface area contributed by atoms with Crippen molar-refractivity contribution in [3.8, 4) is 0 Å². The van der Waals surface area contributed by atoms with E-state index in [-0.39, 0.29) is 5.41 Å². The summed E-state index contributed by atoms with van der Waals surface area (Å²) in [4.78, 5) is 13.3. The van der Waals surface area contributed by atoms with Crippen LogP contribution in [0.3, 0.4) is 0 Å². The molecule has 0 spiro atoms. The summed E-state index contributed by atoms with van der Waals surface area (Å²) in [6, 6.07) is 0. The molecule has 2 atom stereocenters.